The van der Waals surface area contributed by atoms with Crippen molar-refractivity contribution in [1.82, 2.24) is 14.5 Å². The molecule has 1 aliphatic rings. The fraction of sp³-hybridized carbons (Fsp3) is 0.440. The first-order valence-corrected chi connectivity index (χ1v) is 10.6. The molecule has 0 saturated carbocycles. The van der Waals surface area contributed by atoms with Gasteiger partial charge in [0.25, 0.3) is 0 Å². The number of nitrogens with zero attached hydrogens (tertiary/aromatic N) is 3. The number of rotatable bonds is 4. The van der Waals surface area contributed by atoms with E-state index in [1.165, 1.54) is 27.7 Å². The van der Waals surface area contributed by atoms with E-state index < -0.39 is 5.60 Å². The molecule has 5 nitrogen and oxygen atoms in total. The van der Waals surface area contributed by atoms with Crippen LogP contribution in [0.2, 0.25) is 0 Å². The molecule has 0 spiro atoms. The monoisotopic (exact) mass is 405 g/mol. The van der Waals surface area contributed by atoms with Crippen LogP contribution in [0.5, 0.6) is 0 Å². The third-order valence-corrected chi connectivity index (χ3v) is 5.77. The van der Waals surface area contributed by atoms with Crippen molar-refractivity contribution in [3.63, 3.8) is 0 Å². The van der Waals surface area contributed by atoms with E-state index >= 15 is 0 Å². The predicted octanol–water partition coefficient (Wildman–Crippen LogP) is 4.46. The summed E-state index contributed by atoms with van der Waals surface area (Å²) in [5.74, 6) is -0.572. The first kappa shape index (κ1) is 20.6. The number of hydrogen-bond acceptors (Lipinski definition) is 4. The average Bonchev–Trinajstić information content (AvgIpc) is 2.97. The second kappa shape index (κ2) is 7.88. The molecule has 1 unspecified atom stereocenters. The number of aromatic nitrogens is 2. The molecule has 1 aromatic carbocycles. The topological polar surface area (TPSA) is 47.4 Å². The van der Waals surface area contributed by atoms with Gasteiger partial charge in [-0.15, -0.1) is 0 Å². The molecule has 3 heterocycles. The Morgan fingerprint density at radius 2 is 1.93 bits per heavy atom. The second-order valence-corrected chi connectivity index (χ2v) is 9.41. The molecule has 158 valence electrons. The van der Waals surface area contributed by atoms with Gasteiger partial charge in [-0.2, -0.15) is 0 Å². The maximum atomic E-state index is 13.2. The van der Waals surface area contributed by atoms with Gasteiger partial charge in [0.05, 0.1) is 5.92 Å². The molecular weight excluding hydrogens is 374 g/mol. The highest BCUT2D eigenvalue weighted by atomic mass is 16.6. The van der Waals surface area contributed by atoms with Crippen LogP contribution in [0.1, 0.15) is 49.1 Å². The fourth-order valence-corrected chi connectivity index (χ4v) is 4.37. The summed E-state index contributed by atoms with van der Waals surface area (Å²) in [7, 11) is 2.17. The van der Waals surface area contributed by atoms with Gasteiger partial charge in [-0.25, -0.2) is 0 Å². The molecule has 0 saturated heterocycles. The first-order valence-electron chi connectivity index (χ1n) is 10.6. The SMILES string of the molecule is Cc1ccc2c(c1)c1c(n2CC(C(=O)OC(C)(C)C)c2ccncc2)CCN(C)C1. The first-order chi connectivity index (χ1) is 14.2. The number of likely N-dealkylation sites (N-methyl/N-ethyl adjacent to an activating group) is 1. The molecule has 0 radical (unpaired) electrons. The lowest BCUT2D eigenvalue weighted by Crippen LogP contribution is -2.31. The van der Waals surface area contributed by atoms with Crippen LogP contribution in [0.3, 0.4) is 0 Å². The van der Waals surface area contributed by atoms with Crippen LogP contribution in [-0.2, 0) is 29.0 Å². The van der Waals surface area contributed by atoms with Crippen LogP contribution in [-0.4, -0.2) is 39.6 Å². The van der Waals surface area contributed by atoms with E-state index in [9.17, 15) is 4.79 Å². The summed E-state index contributed by atoms with van der Waals surface area (Å²) in [4.78, 5) is 19.7. The zero-order valence-electron chi connectivity index (χ0n) is 18.6. The smallest absolute Gasteiger partial charge is 0.315 e. The molecule has 0 bridgehead atoms. The van der Waals surface area contributed by atoms with Gasteiger partial charge in [-0.3, -0.25) is 9.78 Å². The molecule has 5 heteroatoms. The molecule has 1 aliphatic heterocycles. The highest BCUT2D eigenvalue weighted by Crippen LogP contribution is 2.34. The zero-order valence-corrected chi connectivity index (χ0v) is 18.6. The Balaban J connectivity index is 1.81. The van der Waals surface area contributed by atoms with Gasteiger partial charge in [0, 0.05) is 55.0 Å². The van der Waals surface area contributed by atoms with Crippen molar-refractivity contribution in [2.45, 2.75) is 58.7 Å². The van der Waals surface area contributed by atoms with Crippen molar-refractivity contribution >= 4 is 16.9 Å². The van der Waals surface area contributed by atoms with Crippen LogP contribution in [0, 0.1) is 6.92 Å². The summed E-state index contributed by atoms with van der Waals surface area (Å²) in [6, 6.07) is 10.5. The largest absolute Gasteiger partial charge is 0.459 e. The Hall–Kier alpha value is -2.66. The van der Waals surface area contributed by atoms with Gasteiger partial charge in [0.2, 0.25) is 0 Å². The fourth-order valence-electron chi connectivity index (χ4n) is 4.37. The van der Waals surface area contributed by atoms with Gasteiger partial charge in [0.1, 0.15) is 5.60 Å². The number of benzene rings is 1. The third-order valence-electron chi connectivity index (χ3n) is 5.77. The Kier molecular flexibility index (Phi) is 5.41. The molecule has 3 aromatic rings. The molecule has 1 atom stereocenters. The summed E-state index contributed by atoms with van der Waals surface area (Å²) in [6.45, 7) is 10.4. The van der Waals surface area contributed by atoms with Crippen LogP contribution < -0.4 is 0 Å². The standard InChI is InChI=1S/C25H31N3O2/c1-17-6-7-22-19(14-17)21-15-27(5)13-10-23(21)28(22)16-20(18-8-11-26-12-9-18)24(29)30-25(2,3)4/h6-9,11-12,14,20H,10,13,15-16H2,1-5H3. The van der Waals surface area contributed by atoms with Crippen molar-refractivity contribution in [3.05, 3.63) is 65.1 Å². The van der Waals surface area contributed by atoms with Gasteiger partial charge in [-0.1, -0.05) is 11.6 Å². The number of ether oxygens (including phenoxy) is 1. The summed E-state index contributed by atoms with van der Waals surface area (Å²) < 4.78 is 8.17. The van der Waals surface area contributed by atoms with Gasteiger partial charge >= 0.3 is 5.97 Å². The Labute approximate surface area is 178 Å². The van der Waals surface area contributed by atoms with Gasteiger partial charge < -0.3 is 14.2 Å². The Morgan fingerprint density at radius 3 is 2.63 bits per heavy atom. The molecule has 2 aromatic heterocycles. The number of pyridine rings is 1. The van der Waals surface area contributed by atoms with E-state index in [4.69, 9.17) is 4.74 Å². The Morgan fingerprint density at radius 1 is 1.20 bits per heavy atom. The van der Waals surface area contributed by atoms with Crippen molar-refractivity contribution in [3.8, 4) is 0 Å². The molecule has 0 aliphatic carbocycles. The van der Waals surface area contributed by atoms with E-state index in [0.29, 0.717) is 6.54 Å². The van der Waals surface area contributed by atoms with E-state index in [-0.39, 0.29) is 11.9 Å². The highest BCUT2D eigenvalue weighted by molar-refractivity contribution is 5.87. The van der Waals surface area contributed by atoms with Gasteiger partial charge in [0.15, 0.2) is 0 Å². The summed E-state index contributed by atoms with van der Waals surface area (Å²) in [5, 5.41) is 1.30. The number of hydrogen-bond donors (Lipinski definition) is 0. The lowest BCUT2D eigenvalue weighted by molar-refractivity contribution is -0.157. The molecule has 0 N–H and O–H groups in total. The molecular formula is C25H31N3O2. The molecule has 30 heavy (non-hydrogen) atoms. The second-order valence-electron chi connectivity index (χ2n) is 9.41. The quantitative estimate of drug-likeness (QED) is 0.602. The van der Waals surface area contributed by atoms with Crippen LogP contribution >= 0.6 is 0 Å². The van der Waals surface area contributed by atoms with Crippen LogP contribution in [0.15, 0.2) is 42.7 Å². The summed E-state index contributed by atoms with van der Waals surface area (Å²) >= 11 is 0. The number of esters is 1. The van der Waals surface area contributed by atoms with Crippen molar-refractivity contribution in [2.24, 2.45) is 0 Å². The normalized spacial score (nSPS) is 15.8. The lowest BCUT2D eigenvalue weighted by Gasteiger charge is -2.27. The van der Waals surface area contributed by atoms with E-state index in [1.54, 1.807) is 12.4 Å². The zero-order chi connectivity index (χ0) is 21.5. The highest BCUT2D eigenvalue weighted by Gasteiger charge is 2.30. The minimum absolute atomic E-state index is 0.190. The van der Waals surface area contributed by atoms with E-state index in [0.717, 1.165) is 25.1 Å². The minimum atomic E-state index is -0.527. The maximum absolute atomic E-state index is 13.2. The lowest BCUT2D eigenvalue weighted by atomic mass is 9.99. The maximum Gasteiger partial charge on any atom is 0.315 e. The van der Waals surface area contributed by atoms with Crippen molar-refractivity contribution in [1.29, 1.82) is 0 Å². The number of carbonyl (C=O) groups excluding carboxylic acids is 1. The summed E-state index contributed by atoms with van der Waals surface area (Å²) in [5.41, 5.74) is 5.60. The number of carbonyl (C=O) groups is 1. The van der Waals surface area contributed by atoms with Crippen LogP contribution in [0.25, 0.3) is 10.9 Å². The predicted molar refractivity (Wildman–Crippen MR) is 120 cm³/mol. The number of fused-ring (bicyclic) bond motifs is 3. The van der Waals surface area contributed by atoms with Crippen LogP contribution in [0.4, 0.5) is 0 Å². The summed E-state index contributed by atoms with van der Waals surface area (Å²) in [6.07, 6.45) is 4.47. The average molecular weight is 406 g/mol. The van der Waals surface area contributed by atoms with Gasteiger partial charge in [-0.05, 0) is 70.1 Å². The molecule has 0 fully saturated rings. The third kappa shape index (κ3) is 4.12. The van der Waals surface area contributed by atoms with E-state index in [2.05, 4.69) is 46.6 Å². The van der Waals surface area contributed by atoms with Crippen molar-refractivity contribution < 1.29 is 9.53 Å². The number of aryl methyl sites for hydroxylation is 1. The minimum Gasteiger partial charge on any atom is -0.459 e. The van der Waals surface area contributed by atoms with E-state index in [1.807, 2.05) is 32.9 Å². The Bertz CT molecular complexity index is 1060. The van der Waals surface area contributed by atoms with Crippen molar-refractivity contribution in [2.75, 3.05) is 13.6 Å². The molecule has 4 rings (SSSR count). The molecule has 0 amide bonds.